The van der Waals surface area contributed by atoms with Crippen molar-refractivity contribution in [3.63, 3.8) is 0 Å². The molecule has 6 heteroatoms. The first-order valence-corrected chi connectivity index (χ1v) is 10.5. The van der Waals surface area contributed by atoms with Crippen LogP contribution in [0.2, 0.25) is 0 Å². The van der Waals surface area contributed by atoms with Gasteiger partial charge in [-0.2, -0.15) is 0 Å². The maximum absolute atomic E-state index is 4.45. The van der Waals surface area contributed by atoms with Crippen molar-refractivity contribution in [1.82, 2.24) is 24.7 Å². The molecule has 2 aromatic carbocycles. The second-order valence-corrected chi connectivity index (χ2v) is 8.75. The second kappa shape index (κ2) is 8.17. The van der Waals surface area contributed by atoms with Crippen LogP contribution in [-0.2, 0) is 11.2 Å². The standard InChI is InChI=1S/C23H23N5S/c1-23(2,3)18-11-9-17(10-12-18)16-29-22-27-26-21(20-15-24-13-14-25-20)28(22)19-7-5-4-6-8-19/h4-15H,16H2,1-3H3. The molecule has 0 saturated carbocycles. The van der Waals surface area contributed by atoms with Gasteiger partial charge in [0.15, 0.2) is 11.0 Å². The van der Waals surface area contributed by atoms with Gasteiger partial charge in [-0.1, -0.05) is 75.0 Å². The minimum atomic E-state index is 0.158. The van der Waals surface area contributed by atoms with Crippen molar-refractivity contribution in [2.75, 3.05) is 0 Å². The monoisotopic (exact) mass is 401 g/mol. The Kier molecular flexibility index (Phi) is 5.45. The molecule has 0 spiro atoms. The first kappa shape index (κ1) is 19.3. The Bertz CT molecular complexity index is 1070. The van der Waals surface area contributed by atoms with E-state index in [0.29, 0.717) is 11.5 Å². The molecule has 0 unspecified atom stereocenters. The van der Waals surface area contributed by atoms with Gasteiger partial charge in [-0.05, 0) is 28.7 Å². The SMILES string of the molecule is CC(C)(C)c1ccc(CSc2nnc(-c3cnccn3)n2-c2ccccc2)cc1. The smallest absolute Gasteiger partial charge is 0.196 e. The highest BCUT2D eigenvalue weighted by molar-refractivity contribution is 7.98. The molecule has 0 radical (unpaired) electrons. The molecule has 0 aliphatic carbocycles. The highest BCUT2D eigenvalue weighted by atomic mass is 32.2. The van der Waals surface area contributed by atoms with Crippen LogP contribution >= 0.6 is 11.8 Å². The van der Waals surface area contributed by atoms with Gasteiger partial charge < -0.3 is 0 Å². The number of aromatic nitrogens is 5. The molecule has 0 atom stereocenters. The van der Waals surface area contributed by atoms with Crippen LogP contribution in [0.4, 0.5) is 0 Å². The Morgan fingerprint density at radius 3 is 2.31 bits per heavy atom. The zero-order valence-electron chi connectivity index (χ0n) is 16.8. The van der Waals surface area contributed by atoms with Crippen LogP contribution in [0.1, 0.15) is 31.9 Å². The van der Waals surface area contributed by atoms with Crippen LogP contribution in [0.25, 0.3) is 17.2 Å². The van der Waals surface area contributed by atoms with Crippen LogP contribution in [-0.4, -0.2) is 24.7 Å². The summed E-state index contributed by atoms with van der Waals surface area (Å²) in [5, 5.41) is 9.69. The molecule has 4 rings (SSSR count). The molecule has 0 aliphatic heterocycles. The van der Waals surface area contributed by atoms with Crippen LogP contribution in [0, 0.1) is 0 Å². The third kappa shape index (κ3) is 4.38. The molecular formula is C23H23N5S. The lowest BCUT2D eigenvalue weighted by atomic mass is 9.87. The van der Waals surface area contributed by atoms with E-state index in [9.17, 15) is 0 Å². The lowest BCUT2D eigenvalue weighted by Crippen LogP contribution is -2.10. The molecule has 0 saturated heterocycles. The van der Waals surface area contributed by atoms with Crippen LogP contribution < -0.4 is 0 Å². The number of para-hydroxylation sites is 1. The summed E-state index contributed by atoms with van der Waals surface area (Å²) in [6.45, 7) is 6.69. The zero-order valence-corrected chi connectivity index (χ0v) is 17.6. The lowest BCUT2D eigenvalue weighted by Gasteiger charge is -2.19. The largest absolute Gasteiger partial charge is 0.269 e. The van der Waals surface area contributed by atoms with Gasteiger partial charge in [0.05, 0.1) is 6.20 Å². The van der Waals surface area contributed by atoms with Gasteiger partial charge in [0.25, 0.3) is 0 Å². The normalized spacial score (nSPS) is 11.6. The third-order valence-corrected chi connectivity index (χ3v) is 5.63. The van der Waals surface area contributed by atoms with E-state index in [1.54, 1.807) is 30.4 Å². The van der Waals surface area contributed by atoms with Crippen molar-refractivity contribution >= 4 is 11.8 Å². The molecule has 0 fully saturated rings. The van der Waals surface area contributed by atoms with E-state index in [0.717, 1.165) is 16.6 Å². The van der Waals surface area contributed by atoms with E-state index in [4.69, 9.17) is 0 Å². The van der Waals surface area contributed by atoms with Gasteiger partial charge in [0, 0.05) is 23.8 Å². The van der Waals surface area contributed by atoms with E-state index in [1.165, 1.54) is 11.1 Å². The maximum atomic E-state index is 4.45. The molecular weight excluding hydrogens is 378 g/mol. The Labute approximate surface area is 175 Å². The maximum Gasteiger partial charge on any atom is 0.196 e. The highest BCUT2D eigenvalue weighted by Gasteiger charge is 2.17. The molecule has 2 aromatic heterocycles. The van der Waals surface area contributed by atoms with E-state index >= 15 is 0 Å². The number of thioether (sulfide) groups is 1. The van der Waals surface area contributed by atoms with Crippen molar-refractivity contribution < 1.29 is 0 Å². The Morgan fingerprint density at radius 2 is 1.66 bits per heavy atom. The quantitative estimate of drug-likeness (QED) is 0.424. The van der Waals surface area contributed by atoms with E-state index in [1.807, 2.05) is 34.9 Å². The number of hydrogen-bond donors (Lipinski definition) is 0. The summed E-state index contributed by atoms with van der Waals surface area (Å²) in [5.74, 6) is 1.51. The van der Waals surface area contributed by atoms with Gasteiger partial charge in [-0.25, -0.2) is 4.98 Å². The van der Waals surface area contributed by atoms with Crippen molar-refractivity contribution in [2.24, 2.45) is 0 Å². The summed E-state index contributed by atoms with van der Waals surface area (Å²) in [5.41, 5.74) is 4.45. The zero-order chi connectivity index (χ0) is 20.3. The van der Waals surface area contributed by atoms with Gasteiger partial charge in [-0.3, -0.25) is 9.55 Å². The molecule has 0 N–H and O–H groups in total. The number of hydrogen-bond acceptors (Lipinski definition) is 5. The molecule has 146 valence electrons. The predicted molar refractivity (Wildman–Crippen MR) is 117 cm³/mol. The molecule has 0 amide bonds. The summed E-state index contributed by atoms with van der Waals surface area (Å²) in [4.78, 5) is 8.58. The summed E-state index contributed by atoms with van der Waals surface area (Å²) >= 11 is 1.66. The topological polar surface area (TPSA) is 56.5 Å². The van der Waals surface area contributed by atoms with Gasteiger partial charge in [0.1, 0.15) is 5.69 Å². The average molecular weight is 402 g/mol. The summed E-state index contributed by atoms with van der Waals surface area (Å²) < 4.78 is 2.04. The molecule has 0 aliphatic rings. The number of benzene rings is 2. The molecule has 5 nitrogen and oxygen atoms in total. The molecule has 4 aromatic rings. The fourth-order valence-corrected chi connectivity index (χ4v) is 3.91. The van der Waals surface area contributed by atoms with E-state index in [2.05, 4.69) is 65.2 Å². The molecule has 29 heavy (non-hydrogen) atoms. The van der Waals surface area contributed by atoms with Crippen molar-refractivity contribution in [3.05, 3.63) is 84.3 Å². The van der Waals surface area contributed by atoms with Crippen LogP contribution in [0.15, 0.2) is 78.3 Å². The highest BCUT2D eigenvalue weighted by Crippen LogP contribution is 2.29. The van der Waals surface area contributed by atoms with Crippen LogP contribution in [0.3, 0.4) is 0 Å². The van der Waals surface area contributed by atoms with Crippen molar-refractivity contribution in [1.29, 1.82) is 0 Å². The summed E-state index contributed by atoms with van der Waals surface area (Å²) in [7, 11) is 0. The fourth-order valence-electron chi connectivity index (χ4n) is 3.00. The first-order chi connectivity index (χ1) is 14.0. The fraction of sp³-hybridized carbons (Fsp3) is 0.217. The summed E-state index contributed by atoms with van der Waals surface area (Å²) in [6, 6.07) is 18.9. The minimum Gasteiger partial charge on any atom is -0.269 e. The van der Waals surface area contributed by atoms with Gasteiger partial charge in [-0.15, -0.1) is 10.2 Å². The third-order valence-electron chi connectivity index (χ3n) is 4.63. The van der Waals surface area contributed by atoms with E-state index < -0.39 is 0 Å². The van der Waals surface area contributed by atoms with Crippen molar-refractivity contribution in [3.8, 4) is 17.2 Å². The van der Waals surface area contributed by atoms with Crippen LogP contribution in [0.5, 0.6) is 0 Å². The summed E-state index contributed by atoms with van der Waals surface area (Å²) in [6.07, 6.45) is 5.04. The van der Waals surface area contributed by atoms with Gasteiger partial charge >= 0.3 is 0 Å². The Hall–Kier alpha value is -2.99. The number of nitrogens with zero attached hydrogens (tertiary/aromatic N) is 5. The minimum absolute atomic E-state index is 0.158. The molecule has 0 bridgehead atoms. The predicted octanol–water partition coefficient (Wildman–Crippen LogP) is 5.31. The Balaban J connectivity index is 1.63. The molecule has 2 heterocycles. The first-order valence-electron chi connectivity index (χ1n) is 9.52. The number of rotatable bonds is 5. The van der Waals surface area contributed by atoms with E-state index in [-0.39, 0.29) is 5.41 Å². The second-order valence-electron chi connectivity index (χ2n) is 7.80. The Morgan fingerprint density at radius 1 is 0.897 bits per heavy atom. The van der Waals surface area contributed by atoms with Crippen molar-refractivity contribution in [2.45, 2.75) is 37.1 Å². The average Bonchev–Trinajstić information content (AvgIpc) is 3.17. The van der Waals surface area contributed by atoms with Gasteiger partial charge in [0.2, 0.25) is 0 Å². The lowest BCUT2D eigenvalue weighted by molar-refractivity contribution is 0.590.